The van der Waals surface area contributed by atoms with Crippen molar-refractivity contribution >= 4 is 17.6 Å². The zero-order valence-electron chi connectivity index (χ0n) is 12.2. The molecule has 8 heteroatoms. The van der Waals surface area contributed by atoms with Crippen molar-refractivity contribution in [1.29, 1.82) is 0 Å². The van der Waals surface area contributed by atoms with Gasteiger partial charge >= 0.3 is 12.1 Å². The normalized spacial score (nSPS) is 17.6. The largest absolute Gasteiger partial charge is 0.464 e. The molecule has 1 aliphatic heterocycles. The van der Waals surface area contributed by atoms with E-state index in [0.717, 1.165) is 17.0 Å². The van der Waals surface area contributed by atoms with Crippen LogP contribution in [0.25, 0.3) is 0 Å². The molecule has 1 atom stereocenters. The van der Waals surface area contributed by atoms with Crippen LogP contribution >= 0.6 is 0 Å². The molecule has 126 valence electrons. The average Bonchev–Trinajstić information content (AvgIpc) is 3.19. The molecule has 1 amide bonds. The van der Waals surface area contributed by atoms with E-state index in [9.17, 15) is 22.8 Å². The van der Waals surface area contributed by atoms with Gasteiger partial charge in [0.25, 0.3) is 5.91 Å². The maximum Gasteiger partial charge on any atom is 0.416 e. The number of hydrogen-bond donors (Lipinski definition) is 0. The molecule has 1 fully saturated rings. The summed E-state index contributed by atoms with van der Waals surface area (Å²) in [7, 11) is 0. The number of amides is 1. The van der Waals surface area contributed by atoms with Crippen LogP contribution < -0.4 is 4.90 Å². The summed E-state index contributed by atoms with van der Waals surface area (Å²) in [6.07, 6.45) is -3.10. The van der Waals surface area contributed by atoms with Crippen LogP contribution in [0.4, 0.5) is 18.9 Å². The number of cyclic esters (lactones) is 1. The molecular weight excluding hydrogens is 327 g/mol. The Morgan fingerprint density at radius 2 is 2.00 bits per heavy atom. The second kappa shape index (κ2) is 6.03. The molecule has 3 rings (SSSR count). The van der Waals surface area contributed by atoms with Crippen LogP contribution in [0.2, 0.25) is 0 Å². The van der Waals surface area contributed by atoms with E-state index in [1.165, 1.54) is 30.5 Å². The Hall–Kier alpha value is -2.77. The molecule has 0 saturated carbocycles. The first-order valence-electron chi connectivity index (χ1n) is 7.09. The monoisotopic (exact) mass is 339 g/mol. The van der Waals surface area contributed by atoms with Crippen molar-refractivity contribution in [2.45, 2.75) is 18.6 Å². The fourth-order valence-corrected chi connectivity index (χ4v) is 2.51. The number of carbonyl (C=O) groups is 2. The van der Waals surface area contributed by atoms with Crippen molar-refractivity contribution in [3.05, 3.63) is 54.0 Å². The number of hydrogen-bond acceptors (Lipinski definition) is 4. The summed E-state index contributed by atoms with van der Waals surface area (Å²) in [5.74, 6) is -1.44. The van der Waals surface area contributed by atoms with Gasteiger partial charge in [-0.15, -0.1) is 0 Å². The molecule has 2 heterocycles. The maximum atomic E-state index is 12.9. The van der Waals surface area contributed by atoms with E-state index in [0.29, 0.717) is 0 Å². The predicted octanol–water partition coefficient (Wildman–Crippen LogP) is 3.26. The minimum Gasteiger partial charge on any atom is -0.464 e. The fraction of sp³-hybridized carbons (Fsp3) is 0.250. The third kappa shape index (κ3) is 2.99. The first-order chi connectivity index (χ1) is 11.4. The van der Waals surface area contributed by atoms with Gasteiger partial charge in [-0.25, -0.2) is 4.79 Å². The van der Waals surface area contributed by atoms with Gasteiger partial charge < -0.3 is 9.15 Å². The Morgan fingerprint density at radius 3 is 2.58 bits per heavy atom. The first-order valence-corrected chi connectivity index (χ1v) is 7.09. The number of carbonyl (C=O) groups excluding carboxylic acids is 2. The van der Waals surface area contributed by atoms with Crippen LogP contribution in [0.1, 0.15) is 22.5 Å². The van der Waals surface area contributed by atoms with Crippen LogP contribution in [0.3, 0.4) is 0 Å². The van der Waals surface area contributed by atoms with Gasteiger partial charge in [-0.2, -0.15) is 13.2 Å². The molecule has 1 aromatic carbocycles. The highest BCUT2D eigenvalue weighted by molar-refractivity contribution is 6.08. The van der Waals surface area contributed by atoms with E-state index in [1.807, 2.05) is 0 Å². The predicted molar refractivity (Wildman–Crippen MR) is 76.3 cm³/mol. The summed E-state index contributed by atoms with van der Waals surface area (Å²) in [5, 5.41) is 0. The van der Waals surface area contributed by atoms with E-state index >= 15 is 0 Å². The SMILES string of the molecule is O=C1OCCC1N(C(=O)c1ccco1)c1cccc(C(F)(F)F)c1. The molecule has 1 aromatic heterocycles. The molecule has 2 aromatic rings. The molecule has 0 radical (unpaired) electrons. The number of benzene rings is 1. The van der Waals surface area contributed by atoms with E-state index in [2.05, 4.69) is 0 Å². The smallest absolute Gasteiger partial charge is 0.416 e. The molecule has 1 saturated heterocycles. The summed E-state index contributed by atoms with van der Waals surface area (Å²) < 4.78 is 48.7. The quantitative estimate of drug-likeness (QED) is 0.806. The third-order valence-electron chi connectivity index (χ3n) is 3.62. The van der Waals surface area contributed by atoms with Crippen molar-refractivity contribution in [2.75, 3.05) is 11.5 Å². The number of esters is 1. The number of alkyl halides is 3. The zero-order chi connectivity index (χ0) is 17.3. The van der Waals surface area contributed by atoms with Gasteiger partial charge in [0, 0.05) is 12.1 Å². The third-order valence-corrected chi connectivity index (χ3v) is 3.62. The number of ether oxygens (including phenoxy) is 1. The van der Waals surface area contributed by atoms with Crippen molar-refractivity contribution < 1.29 is 31.9 Å². The average molecular weight is 339 g/mol. The summed E-state index contributed by atoms with van der Waals surface area (Å²) in [6, 6.07) is 6.10. The van der Waals surface area contributed by atoms with Crippen LogP contribution in [0.5, 0.6) is 0 Å². The Kier molecular flexibility index (Phi) is 4.04. The van der Waals surface area contributed by atoms with Gasteiger partial charge in [0.1, 0.15) is 6.04 Å². The molecule has 1 unspecified atom stereocenters. The molecule has 0 bridgehead atoms. The topological polar surface area (TPSA) is 59.8 Å². The van der Waals surface area contributed by atoms with Gasteiger partial charge in [-0.05, 0) is 30.3 Å². The van der Waals surface area contributed by atoms with Gasteiger partial charge in [0.2, 0.25) is 0 Å². The lowest BCUT2D eigenvalue weighted by molar-refractivity contribution is -0.139. The number of nitrogens with zero attached hydrogens (tertiary/aromatic N) is 1. The Morgan fingerprint density at radius 1 is 1.21 bits per heavy atom. The minimum atomic E-state index is -4.56. The van der Waals surface area contributed by atoms with Crippen LogP contribution in [0, 0.1) is 0 Å². The van der Waals surface area contributed by atoms with Gasteiger partial charge in [-0.1, -0.05) is 6.07 Å². The highest BCUT2D eigenvalue weighted by atomic mass is 19.4. The Bertz CT molecular complexity index is 755. The lowest BCUT2D eigenvalue weighted by Gasteiger charge is -2.26. The highest BCUT2D eigenvalue weighted by Gasteiger charge is 2.39. The Labute approximate surface area is 134 Å². The summed E-state index contributed by atoms with van der Waals surface area (Å²) in [4.78, 5) is 25.5. The molecule has 0 aliphatic carbocycles. The van der Waals surface area contributed by atoms with Crippen LogP contribution in [0.15, 0.2) is 47.1 Å². The molecular formula is C16H12F3NO4. The molecule has 5 nitrogen and oxygen atoms in total. The number of rotatable bonds is 3. The van der Waals surface area contributed by atoms with E-state index in [4.69, 9.17) is 9.15 Å². The lowest BCUT2D eigenvalue weighted by atomic mass is 10.1. The molecule has 0 spiro atoms. The van der Waals surface area contributed by atoms with Gasteiger partial charge in [-0.3, -0.25) is 9.69 Å². The first kappa shape index (κ1) is 16.1. The van der Waals surface area contributed by atoms with Crippen molar-refractivity contribution in [2.24, 2.45) is 0 Å². The molecule has 24 heavy (non-hydrogen) atoms. The van der Waals surface area contributed by atoms with E-state index < -0.39 is 29.7 Å². The van der Waals surface area contributed by atoms with Crippen molar-refractivity contribution in [1.82, 2.24) is 0 Å². The molecule has 1 aliphatic rings. The number of halogens is 3. The van der Waals surface area contributed by atoms with Crippen LogP contribution in [-0.4, -0.2) is 24.5 Å². The van der Waals surface area contributed by atoms with Gasteiger partial charge in [0.05, 0.1) is 18.4 Å². The number of furan rings is 1. The second-order valence-electron chi connectivity index (χ2n) is 5.17. The summed E-state index contributed by atoms with van der Waals surface area (Å²) >= 11 is 0. The Balaban J connectivity index is 2.05. The molecule has 0 N–H and O–H groups in total. The second-order valence-corrected chi connectivity index (χ2v) is 5.17. The maximum absolute atomic E-state index is 12.9. The lowest BCUT2D eigenvalue weighted by Crippen LogP contribution is -2.43. The highest BCUT2D eigenvalue weighted by Crippen LogP contribution is 2.33. The zero-order valence-corrected chi connectivity index (χ0v) is 12.2. The standard InChI is InChI=1S/C16H12F3NO4/c17-16(18,19)10-3-1-4-11(9-10)20(12-6-8-24-15(12)22)14(21)13-5-2-7-23-13/h1-5,7,9,12H,6,8H2. The summed E-state index contributed by atoms with van der Waals surface area (Å²) in [5.41, 5.74) is -0.960. The fourth-order valence-electron chi connectivity index (χ4n) is 2.51. The van der Waals surface area contributed by atoms with E-state index in [-0.39, 0.29) is 24.5 Å². The minimum absolute atomic E-state index is 0.0462. The van der Waals surface area contributed by atoms with Gasteiger partial charge in [0.15, 0.2) is 5.76 Å². The van der Waals surface area contributed by atoms with Crippen LogP contribution in [-0.2, 0) is 15.7 Å². The van der Waals surface area contributed by atoms with Crippen molar-refractivity contribution in [3.8, 4) is 0 Å². The van der Waals surface area contributed by atoms with Crippen molar-refractivity contribution in [3.63, 3.8) is 0 Å². The van der Waals surface area contributed by atoms with E-state index in [1.54, 1.807) is 0 Å². The number of anilines is 1. The summed E-state index contributed by atoms with van der Waals surface area (Å²) in [6.45, 7) is 0.102.